The van der Waals surface area contributed by atoms with E-state index < -0.39 is 5.69 Å². The first-order valence-electron chi connectivity index (χ1n) is 8.57. The van der Waals surface area contributed by atoms with Gasteiger partial charge in [-0.15, -0.1) is 0 Å². The zero-order valence-electron chi connectivity index (χ0n) is 14.9. The lowest BCUT2D eigenvalue weighted by Gasteiger charge is -2.24. The number of nitrogens with zero attached hydrogens (tertiary/aromatic N) is 3. The van der Waals surface area contributed by atoms with E-state index in [0.717, 1.165) is 5.56 Å². The summed E-state index contributed by atoms with van der Waals surface area (Å²) < 4.78 is 7.37. The van der Waals surface area contributed by atoms with E-state index >= 15 is 0 Å². The fourth-order valence-electron chi connectivity index (χ4n) is 3.25. The number of aromatic amines is 1. The zero-order chi connectivity index (χ0) is 19.0. The van der Waals surface area contributed by atoms with E-state index in [-0.39, 0.29) is 17.5 Å². The van der Waals surface area contributed by atoms with Crippen molar-refractivity contribution in [1.29, 1.82) is 0 Å². The summed E-state index contributed by atoms with van der Waals surface area (Å²) >= 11 is 0. The van der Waals surface area contributed by atoms with Gasteiger partial charge in [-0.25, -0.2) is 9.79 Å². The van der Waals surface area contributed by atoms with Crippen molar-refractivity contribution in [3.05, 3.63) is 75.1 Å². The average Bonchev–Trinajstić information content (AvgIpc) is 2.68. The molecule has 1 aromatic heterocycles. The van der Waals surface area contributed by atoms with E-state index in [2.05, 4.69) is 21.0 Å². The zero-order valence-corrected chi connectivity index (χ0v) is 14.9. The van der Waals surface area contributed by atoms with Crippen molar-refractivity contribution in [2.45, 2.75) is 13.0 Å². The highest BCUT2D eigenvalue weighted by Gasteiger charge is 2.27. The number of aromatic nitrogens is 2. The van der Waals surface area contributed by atoms with Gasteiger partial charge in [-0.1, -0.05) is 12.2 Å². The number of hydrogen-bond acceptors (Lipinski definition) is 5. The van der Waals surface area contributed by atoms with Crippen molar-refractivity contribution in [3.63, 3.8) is 0 Å². The molecule has 0 fully saturated rings. The highest BCUT2D eigenvalue weighted by atomic mass is 16.5. The number of hydrogen-bond donors (Lipinski definition) is 1. The number of rotatable bonds is 2. The molecule has 0 aliphatic carbocycles. The van der Waals surface area contributed by atoms with Crippen molar-refractivity contribution in [2.24, 2.45) is 23.0 Å². The average molecular weight is 362 g/mol. The molecule has 0 radical (unpaired) electrons. The van der Waals surface area contributed by atoms with E-state index in [9.17, 15) is 9.59 Å². The molecule has 0 spiro atoms. The van der Waals surface area contributed by atoms with Gasteiger partial charge in [0.25, 0.3) is 5.56 Å². The van der Waals surface area contributed by atoms with Crippen LogP contribution in [0.5, 0.6) is 5.75 Å². The van der Waals surface area contributed by atoms with Crippen molar-refractivity contribution >= 4 is 12.1 Å². The standard InChI is InChI=1S/C20H18N4O3/c1-12-17(24(2)20(26)23-18(12)25)14-5-7-15(8-6-14)27-19-16-13(9-11-22-19)4-3-10-21-16/h3-11,13,16H,1-2H3,(H,23,25,26). The minimum atomic E-state index is -0.446. The summed E-state index contributed by atoms with van der Waals surface area (Å²) in [5.74, 6) is 1.30. The normalized spacial score (nSPS) is 20.3. The highest BCUT2D eigenvalue weighted by molar-refractivity contribution is 5.89. The Hall–Kier alpha value is -3.48. The number of dihydropyridines is 1. The quantitative estimate of drug-likeness (QED) is 0.886. The van der Waals surface area contributed by atoms with Gasteiger partial charge in [-0.05, 0) is 42.8 Å². The molecule has 27 heavy (non-hydrogen) atoms. The Labute approximate surface area is 155 Å². The fourth-order valence-corrected chi connectivity index (χ4v) is 3.25. The third-order valence-electron chi connectivity index (χ3n) is 4.70. The lowest BCUT2D eigenvalue weighted by molar-refractivity contribution is 0.494. The molecule has 7 nitrogen and oxygen atoms in total. The van der Waals surface area contributed by atoms with Gasteiger partial charge in [-0.2, -0.15) is 0 Å². The second-order valence-corrected chi connectivity index (χ2v) is 6.43. The number of fused-ring (bicyclic) bond motifs is 1. The Morgan fingerprint density at radius 2 is 1.93 bits per heavy atom. The number of H-pyrrole nitrogens is 1. The number of aliphatic imine (C=N–C) groups is 2. The van der Waals surface area contributed by atoms with Gasteiger partial charge >= 0.3 is 5.69 Å². The van der Waals surface area contributed by atoms with Crippen molar-refractivity contribution in [2.75, 3.05) is 0 Å². The maximum Gasteiger partial charge on any atom is 0.328 e. The van der Waals surface area contributed by atoms with Crippen LogP contribution >= 0.6 is 0 Å². The van der Waals surface area contributed by atoms with Crippen LogP contribution in [0.3, 0.4) is 0 Å². The van der Waals surface area contributed by atoms with Crippen LogP contribution in [0.15, 0.2) is 68.3 Å². The van der Waals surface area contributed by atoms with Gasteiger partial charge in [0, 0.05) is 30.9 Å². The number of benzene rings is 1. The van der Waals surface area contributed by atoms with Crippen LogP contribution in [0.2, 0.25) is 0 Å². The molecule has 2 aliphatic heterocycles. The maximum absolute atomic E-state index is 11.9. The Kier molecular flexibility index (Phi) is 4.19. The molecule has 2 aliphatic rings. The van der Waals surface area contributed by atoms with E-state index in [4.69, 9.17) is 4.74 Å². The molecule has 4 rings (SSSR count). The van der Waals surface area contributed by atoms with Crippen molar-refractivity contribution in [3.8, 4) is 17.0 Å². The van der Waals surface area contributed by atoms with Crippen LogP contribution in [-0.4, -0.2) is 27.7 Å². The SMILES string of the molecule is Cc1c(-c2ccc(OC3=NC=CC4C=CC=NC34)cc2)n(C)c(=O)[nH]c1=O. The second kappa shape index (κ2) is 6.68. The maximum atomic E-state index is 11.9. The monoisotopic (exact) mass is 362 g/mol. The molecule has 2 unspecified atom stereocenters. The molecule has 0 saturated carbocycles. The minimum Gasteiger partial charge on any atom is -0.441 e. The first kappa shape index (κ1) is 17.0. The highest BCUT2D eigenvalue weighted by Crippen LogP contribution is 2.25. The first-order valence-corrected chi connectivity index (χ1v) is 8.57. The molecule has 1 N–H and O–H groups in total. The Morgan fingerprint density at radius 3 is 2.70 bits per heavy atom. The number of nitrogens with one attached hydrogen (secondary N) is 1. The van der Waals surface area contributed by atoms with Crippen LogP contribution in [0, 0.1) is 12.8 Å². The number of allylic oxidation sites excluding steroid dienone is 1. The molecule has 0 bridgehead atoms. The van der Waals surface area contributed by atoms with Gasteiger partial charge in [0.15, 0.2) is 0 Å². The molecule has 0 saturated heterocycles. The third-order valence-corrected chi connectivity index (χ3v) is 4.70. The van der Waals surface area contributed by atoms with Gasteiger partial charge in [0.05, 0.1) is 5.69 Å². The lowest BCUT2D eigenvalue weighted by Crippen LogP contribution is -2.33. The van der Waals surface area contributed by atoms with E-state index in [1.807, 2.05) is 24.3 Å². The molecule has 3 heterocycles. The summed E-state index contributed by atoms with van der Waals surface area (Å²) in [5.41, 5.74) is 0.992. The largest absolute Gasteiger partial charge is 0.441 e. The Balaban J connectivity index is 1.63. The summed E-state index contributed by atoms with van der Waals surface area (Å²) in [4.78, 5) is 34.9. The predicted molar refractivity (Wildman–Crippen MR) is 105 cm³/mol. The minimum absolute atomic E-state index is 0.148. The smallest absolute Gasteiger partial charge is 0.328 e. The van der Waals surface area contributed by atoms with E-state index in [1.165, 1.54) is 4.57 Å². The third kappa shape index (κ3) is 3.08. The summed E-state index contributed by atoms with van der Waals surface area (Å²) in [5, 5.41) is 0. The van der Waals surface area contributed by atoms with Gasteiger partial charge in [0.1, 0.15) is 11.8 Å². The molecule has 136 valence electrons. The van der Waals surface area contributed by atoms with Crippen molar-refractivity contribution < 1.29 is 4.74 Å². The van der Waals surface area contributed by atoms with Gasteiger partial charge in [-0.3, -0.25) is 19.3 Å². The molecule has 2 atom stereocenters. The van der Waals surface area contributed by atoms with E-state index in [0.29, 0.717) is 22.9 Å². The molecule has 0 amide bonds. The first-order chi connectivity index (χ1) is 13.0. The van der Waals surface area contributed by atoms with Crippen LogP contribution < -0.4 is 16.0 Å². The van der Waals surface area contributed by atoms with Gasteiger partial charge in [0.2, 0.25) is 5.90 Å². The predicted octanol–water partition coefficient (Wildman–Crippen LogP) is 1.98. The van der Waals surface area contributed by atoms with Crippen LogP contribution in [0.1, 0.15) is 5.56 Å². The second-order valence-electron chi connectivity index (χ2n) is 6.43. The van der Waals surface area contributed by atoms with Crippen LogP contribution in [-0.2, 0) is 7.05 Å². The van der Waals surface area contributed by atoms with Crippen LogP contribution in [0.25, 0.3) is 11.3 Å². The molecular weight excluding hydrogens is 344 g/mol. The molecule has 2 aromatic rings. The fraction of sp³-hybridized carbons (Fsp3) is 0.200. The Bertz CT molecular complexity index is 1080. The van der Waals surface area contributed by atoms with Crippen molar-refractivity contribution in [1.82, 2.24) is 9.55 Å². The Morgan fingerprint density at radius 1 is 1.15 bits per heavy atom. The summed E-state index contributed by atoms with van der Waals surface area (Å²) in [7, 11) is 1.63. The van der Waals surface area contributed by atoms with Crippen LogP contribution in [0.4, 0.5) is 0 Å². The molecular formula is C20H18N4O3. The summed E-state index contributed by atoms with van der Waals surface area (Å²) in [6, 6.07) is 7.06. The number of ether oxygens (including phenoxy) is 1. The molecule has 7 heteroatoms. The van der Waals surface area contributed by atoms with E-state index in [1.54, 1.807) is 38.5 Å². The summed E-state index contributed by atoms with van der Waals surface area (Å²) in [6.45, 7) is 1.69. The van der Waals surface area contributed by atoms with Gasteiger partial charge < -0.3 is 4.74 Å². The molecule has 1 aromatic carbocycles. The lowest BCUT2D eigenvalue weighted by atomic mass is 9.96. The topological polar surface area (TPSA) is 88.8 Å². The summed E-state index contributed by atoms with van der Waals surface area (Å²) in [6.07, 6.45) is 9.44.